The van der Waals surface area contributed by atoms with Gasteiger partial charge in [0.2, 0.25) is 0 Å². The molecule has 0 aliphatic heterocycles. The van der Waals surface area contributed by atoms with Gasteiger partial charge < -0.3 is 14.8 Å². The molecule has 1 aromatic heterocycles. The number of hydrogen-bond donors (Lipinski definition) is 2. The van der Waals surface area contributed by atoms with Crippen LogP contribution in [0.5, 0.6) is 0 Å². The van der Waals surface area contributed by atoms with Crippen LogP contribution in [0.4, 0.5) is 0 Å². The molecule has 15 heavy (non-hydrogen) atoms. The highest BCUT2D eigenvalue weighted by Crippen LogP contribution is 2.24. The van der Waals surface area contributed by atoms with E-state index in [-0.39, 0.29) is 6.10 Å². The van der Waals surface area contributed by atoms with Crippen molar-refractivity contribution in [3.63, 3.8) is 0 Å². The molecule has 3 nitrogen and oxygen atoms in total. The Hall–Kier alpha value is -0.510. The van der Waals surface area contributed by atoms with Crippen LogP contribution in [0.2, 0.25) is 5.22 Å². The van der Waals surface area contributed by atoms with E-state index in [0.717, 1.165) is 31.6 Å². The average Bonchev–Trinajstić information content (AvgIpc) is 2.76. The molecule has 0 aromatic carbocycles. The second-order valence-corrected chi connectivity index (χ2v) is 4.54. The highest BCUT2D eigenvalue weighted by atomic mass is 35.5. The van der Waals surface area contributed by atoms with Gasteiger partial charge >= 0.3 is 0 Å². The van der Waals surface area contributed by atoms with Crippen molar-refractivity contribution in [2.45, 2.75) is 31.9 Å². The van der Waals surface area contributed by atoms with Gasteiger partial charge in [0.05, 0.1) is 12.6 Å². The second kappa shape index (κ2) is 5.01. The second-order valence-electron chi connectivity index (χ2n) is 4.17. The number of hydrogen-bond acceptors (Lipinski definition) is 3. The van der Waals surface area contributed by atoms with Crippen molar-refractivity contribution in [2.75, 3.05) is 6.54 Å². The standard InChI is InChI=1S/C11H16ClNO2/c12-11-4-3-10(15-11)7-13-6-8-1-2-9(14)5-8/h3-4,8-9,13-14H,1-2,5-7H2. The van der Waals surface area contributed by atoms with E-state index in [1.807, 2.05) is 6.07 Å². The summed E-state index contributed by atoms with van der Waals surface area (Å²) in [6, 6.07) is 3.62. The Morgan fingerprint density at radius 1 is 1.47 bits per heavy atom. The van der Waals surface area contributed by atoms with Crippen molar-refractivity contribution in [3.8, 4) is 0 Å². The van der Waals surface area contributed by atoms with E-state index in [4.69, 9.17) is 16.0 Å². The first-order valence-electron chi connectivity index (χ1n) is 5.37. The van der Waals surface area contributed by atoms with Gasteiger partial charge in [-0.05, 0) is 55.5 Å². The van der Waals surface area contributed by atoms with Gasteiger partial charge in [-0.25, -0.2) is 0 Å². The van der Waals surface area contributed by atoms with Crippen LogP contribution in [-0.2, 0) is 6.54 Å². The molecular weight excluding hydrogens is 214 g/mol. The van der Waals surface area contributed by atoms with Gasteiger partial charge in [-0.3, -0.25) is 0 Å². The fourth-order valence-electron chi connectivity index (χ4n) is 2.08. The molecule has 1 aliphatic carbocycles. The minimum atomic E-state index is -0.0881. The Bertz CT molecular complexity index is 313. The Balaban J connectivity index is 1.67. The van der Waals surface area contributed by atoms with Crippen LogP contribution in [-0.4, -0.2) is 17.8 Å². The lowest BCUT2D eigenvalue weighted by Gasteiger charge is -2.09. The van der Waals surface area contributed by atoms with Crippen LogP contribution in [0.1, 0.15) is 25.0 Å². The van der Waals surface area contributed by atoms with Crippen LogP contribution < -0.4 is 5.32 Å². The van der Waals surface area contributed by atoms with E-state index in [1.165, 1.54) is 0 Å². The highest BCUT2D eigenvalue weighted by molar-refractivity contribution is 6.28. The normalized spacial score (nSPS) is 26.0. The van der Waals surface area contributed by atoms with Crippen molar-refractivity contribution in [2.24, 2.45) is 5.92 Å². The summed E-state index contributed by atoms with van der Waals surface area (Å²) < 4.78 is 5.22. The molecule has 1 heterocycles. The first-order chi connectivity index (χ1) is 7.24. The lowest BCUT2D eigenvalue weighted by Crippen LogP contribution is -2.21. The Labute approximate surface area is 94.4 Å². The molecule has 1 aliphatic rings. The summed E-state index contributed by atoms with van der Waals surface area (Å²) in [5.41, 5.74) is 0. The van der Waals surface area contributed by atoms with Gasteiger partial charge in [-0.1, -0.05) is 0 Å². The van der Waals surface area contributed by atoms with Gasteiger partial charge in [0.1, 0.15) is 5.76 Å². The molecule has 1 saturated carbocycles. The quantitative estimate of drug-likeness (QED) is 0.832. The van der Waals surface area contributed by atoms with Crippen molar-refractivity contribution < 1.29 is 9.52 Å². The molecule has 0 spiro atoms. The number of furan rings is 1. The van der Waals surface area contributed by atoms with E-state index in [2.05, 4.69) is 5.32 Å². The zero-order valence-corrected chi connectivity index (χ0v) is 9.33. The van der Waals surface area contributed by atoms with E-state index < -0.39 is 0 Å². The van der Waals surface area contributed by atoms with Gasteiger partial charge in [-0.2, -0.15) is 0 Å². The maximum atomic E-state index is 9.36. The summed E-state index contributed by atoms with van der Waals surface area (Å²) in [4.78, 5) is 0. The Kier molecular flexibility index (Phi) is 3.67. The van der Waals surface area contributed by atoms with Crippen LogP contribution in [0.3, 0.4) is 0 Å². The number of nitrogens with one attached hydrogen (secondary N) is 1. The summed E-state index contributed by atoms with van der Waals surface area (Å²) in [6.45, 7) is 1.65. The van der Waals surface area contributed by atoms with Crippen molar-refractivity contribution in [3.05, 3.63) is 23.1 Å². The predicted octanol–water partition coefficient (Wildman–Crippen LogP) is 2.18. The summed E-state index contributed by atoms with van der Waals surface area (Å²) >= 11 is 5.66. The van der Waals surface area contributed by atoms with Crippen LogP contribution in [0.25, 0.3) is 0 Å². The minimum Gasteiger partial charge on any atom is -0.448 e. The van der Waals surface area contributed by atoms with E-state index in [0.29, 0.717) is 17.7 Å². The summed E-state index contributed by atoms with van der Waals surface area (Å²) in [5.74, 6) is 1.46. The SMILES string of the molecule is OC1CCC(CNCc2ccc(Cl)o2)C1. The number of aliphatic hydroxyl groups is 1. The van der Waals surface area contributed by atoms with Gasteiger partial charge in [-0.15, -0.1) is 0 Å². The lowest BCUT2D eigenvalue weighted by atomic mass is 10.1. The van der Waals surface area contributed by atoms with Crippen molar-refractivity contribution >= 4 is 11.6 Å². The fourth-order valence-corrected chi connectivity index (χ4v) is 2.24. The lowest BCUT2D eigenvalue weighted by molar-refractivity contribution is 0.177. The first kappa shape index (κ1) is 11.0. The summed E-state index contributed by atoms with van der Waals surface area (Å²) in [6.07, 6.45) is 2.90. The smallest absolute Gasteiger partial charge is 0.193 e. The minimum absolute atomic E-state index is 0.0881. The van der Waals surface area contributed by atoms with Gasteiger partial charge in [0.15, 0.2) is 5.22 Å². The molecule has 1 fully saturated rings. The fraction of sp³-hybridized carbons (Fsp3) is 0.636. The molecule has 1 aromatic rings. The molecule has 2 unspecified atom stereocenters. The molecule has 2 atom stereocenters. The predicted molar refractivity (Wildman–Crippen MR) is 58.8 cm³/mol. The largest absolute Gasteiger partial charge is 0.448 e. The van der Waals surface area contributed by atoms with Gasteiger partial charge in [0, 0.05) is 0 Å². The molecular formula is C11H16ClNO2. The van der Waals surface area contributed by atoms with Crippen molar-refractivity contribution in [1.82, 2.24) is 5.32 Å². The van der Waals surface area contributed by atoms with Crippen LogP contribution in [0.15, 0.2) is 16.5 Å². The molecule has 2 rings (SSSR count). The van der Waals surface area contributed by atoms with E-state index in [1.54, 1.807) is 6.07 Å². The summed E-state index contributed by atoms with van der Waals surface area (Å²) in [5, 5.41) is 13.1. The molecule has 0 bridgehead atoms. The third-order valence-electron chi connectivity index (χ3n) is 2.87. The molecule has 4 heteroatoms. The maximum absolute atomic E-state index is 9.36. The van der Waals surface area contributed by atoms with E-state index in [9.17, 15) is 5.11 Å². The zero-order chi connectivity index (χ0) is 10.7. The topological polar surface area (TPSA) is 45.4 Å². The van der Waals surface area contributed by atoms with Crippen LogP contribution in [0, 0.1) is 5.92 Å². The first-order valence-corrected chi connectivity index (χ1v) is 5.75. The third-order valence-corrected chi connectivity index (χ3v) is 3.08. The molecule has 2 N–H and O–H groups in total. The molecule has 84 valence electrons. The Morgan fingerprint density at radius 2 is 2.33 bits per heavy atom. The average molecular weight is 230 g/mol. The van der Waals surface area contributed by atoms with Crippen molar-refractivity contribution in [1.29, 1.82) is 0 Å². The zero-order valence-electron chi connectivity index (χ0n) is 8.58. The molecule has 0 saturated heterocycles. The third kappa shape index (κ3) is 3.23. The maximum Gasteiger partial charge on any atom is 0.193 e. The number of aliphatic hydroxyl groups excluding tert-OH is 1. The summed E-state index contributed by atoms with van der Waals surface area (Å²) in [7, 11) is 0. The monoisotopic (exact) mass is 229 g/mol. The molecule has 0 radical (unpaired) electrons. The highest BCUT2D eigenvalue weighted by Gasteiger charge is 2.22. The van der Waals surface area contributed by atoms with Gasteiger partial charge in [0.25, 0.3) is 0 Å². The Morgan fingerprint density at radius 3 is 2.93 bits per heavy atom. The van der Waals surface area contributed by atoms with E-state index >= 15 is 0 Å². The number of halogens is 1. The van der Waals surface area contributed by atoms with Crippen LogP contribution >= 0.6 is 11.6 Å². The number of rotatable bonds is 4. The molecule has 0 amide bonds.